The normalized spacial score (nSPS) is 14.5. The molecule has 4 rings (SSSR count). The number of hydrogen-bond donors (Lipinski definition) is 1. The number of aryl methyl sites for hydroxylation is 1. The maximum absolute atomic E-state index is 11.7. The van der Waals surface area contributed by atoms with Crippen LogP contribution in [0.4, 0.5) is 0 Å². The van der Waals surface area contributed by atoms with E-state index in [2.05, 4.69) is 41.1 Å². The van der Waals surface area contributed by atoms with Gasteiger partial charge in [-0.25, -0.2) is 4.79 Å². The van der Waals surface area contributed by atoms with Crippen molar-refractivity contribution in [2.24, 2.45) is 5.92 Å². The summed E-state index contributed by atoms with van der Waals surface area (Å²) in [5, 5.41) is 4.80. The van der Waals surface area contributed by atoms with Gasteiger partial charge < -0.3 is 14.6 Å². The molecule has 5 heteroatoms. The highest BCUT2D eigenvalue weighted by Gasteiger charge is 2.17. The van der Waals surface area contributed by atoms with E-state index in [-0.39, 0.29) is 18.4 Å². The predicted molar refractivity (Wildman–Crippen MR) is 125 cm³/mol. The third kappa shape index (κ3) is 4.71. The number of rotatable bonds is 6. The second kappa shape index (κ2) is 10.1. The van der Waals surface area contributed by atoms with E-state index in [1.54, 1.807) is 0 Å². The Labute approximate surface area is 185 Å². The van der Waals surface area contributed by atoms with Gasteiger partial charge in [0.15, 0.2) is 0 Å². The van der Waals surface area contributed by atoms with Gasteiger partial charge in [0.1, 0.15) is 0 Å². The number of ether oxygens (including phenoxy) is 1. The van der Waals surface area contributed by atoms with Crippen LogP contribution < -0.4 is 5.32 Å². The van der Waals surface area contributed by atoms with Gasteiger partial charge >= 0.3 is 5.97 Å². The molecule has 2 heterocycles. The first-order valence-corrected chi connectivity index (χ1v) is 10.6. The number of hydrogen-bond acceptors (Lipinski definition) is 3. The molecule has 1 aliphatic rings. The van der Waals surface area contributed by atoms with Crippen LogP contribution >= 0.6 is 12.4 Å². The van der Waals surface area contributed by atoms with Crippen molar-refractivity contribution in [2.45, 2.75) is 39.2 Å². The Morgan fingerprint density at radius 3 is 2.50 bits per heavy atom. The van der Waals surface area contributed by atoms with Crippen LogP contribution in [0.15, 0.2) is 48.5 Å². The first kappa shape index (κ1) is 22.4. The van der Waals surface area contributed by atoms with Crippen LogP contribution in [0.3, 0.4) is 0 Å². The van der Waals surface area contributed by atoms with Crippen LogP contribution in [-0.2, 0) is 17.7 Å². The molecule has 160 valence electrons. The molecule has 1 aromatic heterocycles. The Balaban J connectivity index is 0.00000256. The summed E-state index contributed by atoms with van der Waals surface area (Å²) < 4.78 is 7.31. The average Bonchev–Trinajstić information content (AvgIpc) is 3.04. The molecule has 0 saturated carbocycles. The molecule has 0 aliphatic carbocycles. The van der Waals surface area contributed by atoms with E-state index in [1.807, 2.05) is 24.3 Å². The molecule has 0 bridgehead atoms. The number of esters is 1. The minimum Gasteiger partial charge on any atom is -0.465 e. The minimum atomic E-state index is -0.290. The molecule has 3 aromatic rings. The van der Waals surface area contributed by atoms with Crippen molar-refractivity contribution in [3.8, 4) is 0 Å². The van der Waals surface area contributed by atoms with Gasteiger partial charge in [-0.2, -0.15) is 0 Å². The lowest BCUT2D eigenvalue weighted by Crippen LogP contribution is -2.28. The van der Waals surface area contributed by atoms with E-state index < -0.39 is 0 Å². The number of fused-ring (bicyclic) bond motifs is 1. The minimum absolute atomic E-state index is 0. The Morgan fingerprint density at radius 2 is 1.80 bits per heavy atom. The predicted octanol–water partition coefficient (Wildman–Crippen LogP) is 5.14. The number of para-hydroxylation sites is 1. The van der Waals surface area contributed by atoms with Crippen molar-refractivity contribution in [1.82, 2.24) is 9.88 Å². The molecule has 1 aliphatic heterocycles. The summed E-state index contributed by atoms with van der Waals surface area (Å²) in [5.74, 6) is 0.536. The quantitative estimate of drug-likeness (QED) is 0.555. The second-order valence-corrected chi connectivity index (χ2v) is 8.08. The van der Waals surface area contributed by atoms with Crippen LogP contribution in [-0.4, -0.2) is 30.7 Å². The fourth-order valence-corrected chi connectivity index (χ4v) is 4.58. The van der Waals surface area contributed by atoms with Crippen molar-refractivity contribution in [2.75, 3.05) is 20.2 Å². The van der Waals surface area contributed by atoms with Crippen LogP contribution in [0.5, 0.6) is 0 Å². The lowest BCUT2D eigenvalue weighted by atomic mass is 9.95. The van der Waals surface area contributed by atoms with Gasteiger partial charge in [0.25, 0.3) is 0 Å². The molecule has 1 N–H and O–H groups in total. The maximum atomic E-state index is 11.7. The number of aromatic nitrogens is 1. The zero-order chi connectivity index (χ0) is 20.2. The standard InChI is InChI=1S/C25H30N2O2.ClH/c1-18-23(17-20-7-9-21(10-8-20)25(28)29-2)22-5-3-4-6-24(22)27(18)16-13-19-11-14-26-15-12-19;/h3-10,19,26H,11-17H2,1-2H3;1H. The number of carbonyl (C=O) groups excluding carboxylic acids is 1. The fourth-order valence-electron chi connectivity index (χ4n) is 4.58. The van der Waals surface area contributed by atoms with Gasteiger partial charge in [-0.3, -0.25) is 0 Å². The number of methoxy groups -OCH3 is 1. The van der Waals surface area contributed by atoms with Gasteiger partial charge in [0.2, 0.25) is 0 Å². The molecule has 1 saturated heterocycles. The summed E-state index contributed by atoms with van der Waals surface area (Å²) in [4.78, 5) is 11.7. The summed E-state index contributed by atoms with van der Waals surface area (Å²) in [6.07, 6.45) is 4.69. The van der Waals surface area contributed by atoms with Crippen molar-refractivity contribution in [3.63, 3.8) is 0 Å². The number of benzene rings is 2. The number of piperidine rings is 1. The molecule has 2 aromatic carbocycles. The summed E-state index contributed by atoms with van der Waals surface area (Å²) in [6, 6.07) is 16.5. The topological polar surface area (TPSA) is 43.3 Å². The first-order chi connectivity index (χ1) is 14.2. The average molecular weight is 427 g/mol. The van der Waals surface area contributed by atoms with Crippen molar-refractivity contribution in [1.29, 1.82) is 0 Å². The van der Waals surface area contributed by atoms with E-state index in [1.165, 1.54) is 54.1 Å². The zero-order valence-corrected chi connectivity index (χ0v) is 18.6. The Bertz CT molecular complexity index is 988. The smallest absolute Gasteiger partial charge is 0.337 e. The zero-order valence-electron chi connectivity index (χ0n) is 17.8. The molecule has 1 fully saturated rings. The summed E-state index contributed by atoms with van der Waals surface area (Å²) >= 11 is 0. The third-order valence-electron chi connectivity index (χ3n) is 6.34. The highest BCUT2D eigenvalue weighted by atomic mass is 35.5. The largest absolute Gasteiger partial charge is 0.465 e. The molecule has 0 radical (unpaired) electrons. The highest BCUT2D eigenvalue weighted by molar-refractivity contribution is 5.89. The number of halogens is 1. The molecular weight excluding hydrogens is 396 g/mol. The van der Waals surface area contributed by atoms with E-state index in [0.717, 1.165) is 32.0 Å². The molecule has 0 atom stereocenters. The number of carbonyl (C=O) groups is 1. The molecular formula is C25H31ClN2O2. The van der Waals surface area contributed by atoms with Crippen LogP contribution in [0, 0.1) is 12.8 Å². The molecule has 0 spiro atoms. The van der Waals surface area contributed by atoms with Gasteiger partial charge in [0.05, 0.1) is 12.7 Å². The molecule has 30 heavy (non-hydrogen) atoms. The van der Waals surface area contributed by atoms with E-state index in [4.69, 9.17) is 4.74 Å². The van der Waals surface area contributed by atoms with Crippen molar-refractivity contribution >= 4 is 29.3 Å². The summed E-state index contributed by atoms with van der Waals surface area (Å²) in [7, 11) is 1.41. The molecule has 4 nitrogen and oxygen atoms in total. The third-order valence-corrected chi connectivity index (χ3v) is 6.34. The van der Waals surface area contributed by atoms with Gasteiger partial charge in [-0.15, -0.1) is 12.4 Å². The second-order valence-electron chi connectivity index (χ2n) is 8.08. The van der Waals surface area contributed by atoms with E-state index >= 15 is 0 Å². The van der Waals surface area contributed by atoms with E-state index in [9.17, 15) is 4.79 Å². The van der Waals surface area contributed by atoms with Crippen molar-refractivity contribution < 1.29 is 9.53 Å². The summed E-state index contributed by atoms with van der Waals surface area (Å²) in [5.41, 5.74) is 5.88. The monoisotopic (exact) mass is 426 g/mol. The first-order valence-electron chi connectivity index (χ1n) is 10.6. The lowest BCUT2D eigenvalue weighted by molar-refractivity contribution is 0.0600. The lowest BCUT2D eigenvalue weighted by Gasteiger charge is -2.23. The SMILES string of the molecule is COC(=O)c1ccc(Cc2c(C)n(CCC3CCNCC3)c3ccccc23)cc1.Cl. The van der Waals surface area contributed by atoms with Crippen LogP contribution in [0.2, 0.25) is 0 Å². The van der Waals surface area contributed by atoms with E-state index in [0.29, 0.717) is 5.56 Å². The van der Waals surface area contributed by atoms with Crippen molar-refractivity contribution in [3.05, 3.63) is 70.9 Å². The maximum Gasteiger partial charge on any atom is 0.337 e. The van der Waals surface area contributed by atoms with Gasteiger partial charge in [-0.05, 0) is 80.9 Å². The Hall–Kier alpha value is -2.30. The molecule has 0 unspecified atom stereocenters. The van der Waals surface area contributed by atoms with Crippen LogP contribution in [0.1, 0.15) is 46.4 Å². The van der Waals surface area contributed by atoms with Gasteiger partial charge in [0, 0.05) is 23.1 Å². The number of nitrogens with one attached hydrogen (secondary N) is 1. The van der Waals surface area contributed by atoms with Gasteiger partial charge in [-0.1, -0.05) is 30.3 Å². The fraction of sp³-hybridized carbons (Fsp3) is 0.400. The molecule has 0 amide bonds. The number of nitrogens with zero attached hydrogens (tertiary/aromatic N) is 1. The van der Waals surface area contributed by atoms with Crippen LogP contribution in [0.25, 0.3) is 10.9 Å². The Morgan fingerprint density at radius 1 is 1.10 bits per heavy atom. The summed E-state index contributed by atoms with van der Waals surface area (Å²) in [6.45, 7) is 5.64. The highest BCUT2D eigenvalue weighted by Crippen LogP contribution is 2.29. The Kier molecular flexibility index (Phi) is 7.57.